The highest BCUT2D eigenvalue weighted by molar-refractivity contribution is 6.30. The highest BCUT2D eigenvalue weighted by Gasteiger charge is 2.59. The predicted molar refractivity (Wildman–Crippen MR) is 131 cm³/mol. The van der Waals surface area contributed by atoms with Crippen LogP contribution in [0.3, 0.4) is 0 Å². The van der Waals surface area contributed by atoms with E-state index in [1.54, 1.807) is 54.6 Å². The number of carboxylic acids is 1. The Hall–Kier alpha value is -3.45. The number of alkyl halides is 1. The van der Waals surface area contributed by atoms with Crippen LogP contribution >= 0.6 is 11.6 Å². The molecule has 0 aromatic heterocycles. The topological polar surface area (TPSA) is 72.8 Å². The minimum Gasteiger partial charge on any atom is -0.479 e. The molecule has 4 rings (SSSR count). The fraction of sp³-hybridized carbons (Fsp3) is 0.286. The summed E-state index contributed by atoms with van der Waals surface area (Å²) in [5.74, 6) is -4.23. The molecular formula is C28H25ClF2O5. The van der Waals surface area contributed by atoms with Crippen LogP contribution in [0.2, 0.25) is 5.02 Å². The zero-order chi connectivity index (χ0) is 25.9. The van der Waals surface area contributed by atoms with Crippen molar-refractivity contribution in [2.75, 3.05) is 0 Å². The van der Waals surface area contributed by atoms with Crippen LogP contribution in [0.1, 0.15) is 36.8 Å². The van der Waals surface area contributed by atoms with Crippen LogP contribution in [0, 0.1) is 11.7 Å². The fourth-order valence-corrected chi connectivity index (χ4v) is 4.61. The lowest BCUT2D eigenvalue weighted by Gasteiger charge is -2.36. The van der Waals surface area contributed by atoms with Crippen LogP contribution in [0.5, 0.6) is 11.5 Å². The number of hydrogen-bond acceptors (Lipinski definition) is 4. The monoisotopic (exact) mass is 514 g/mol. The summed E-state index contributed by atoms with van der Waals surface area (Å²) >= 11 is 5.99. The summed E-state index contributed by atoms with van der Waals surface area (Å²) in [6.07, 6.45) is -0.691. The fourth-order valence-electron chi connectivity index (χ4n) is 4.49. The first-order valence-corrected chi connectivity index (χ1v) is 11.9. The van der Waals surface area contributed by atoms with Crippen molar-refractivity contribution in [1.82, 2.24) is 0 Å². The normalized spacial score (nSPS) is 16.4. The Morgan fingerprint density at radius 2 is 1.75 bits per heavy atom. The van der Waals surface area contributed by atoms with Crippen molar-refractivity contribution in [2.24, 2.45) is 5.92 Å². The molecule has 1 aliphatic rings. The molecule has 0 spiro atoms. The van der Waals surface area contributed by atoms with Crippen LogP contribution in [-0.2, 0) is 20.7 Å². The van der Waals surface area contributed by atoms with Gasteiger partial charge in [-0.1, -0.05) is 48.0 Å². The SMILES string of the molecule is CC(=O)O[C@H](Cc1ccc(F)c(Oc2ccccc2)c1)[C@@](F)(C(=O)O)C(c1ccc(Cl)cc1)C1CC1. The molecule has 0 aliphatic heterocycles. The molecule has 5 nitrogen and oxygen atoms in total. The predicted octanol–water partition coefficient (Wildman–Crippen LogP) is 6.73. The van der Waals surface area contributed by atoms with Crippen LogP contribution in [0.15, 0.2) is 72.8 Å². The van der Waals surface area contributed by atoms with E-state index in [0.29, 0.717) is 34.7 Å². The summed E-state index contributed by atoms with van der Waals surface area (Å²) in [6, 6.07) is 18.8. The smallest absolute Gasteiger partial charge is 0.346 e. The Balaban J connectivity index is 1.71. The number of aliphatic carboxylic acids is 1. The molecule has 0 bridgehead atoms. The minimum atomic E-state index is -2.95. The lowest BCUT2D eigenvalue weighted by molar-refractivity contribution is -0.174. The largest absolute Gasteiger partial charge is 0.479 e. The zero-order valence-corrected chi connectivity index (χ0v) is 20.3. The summed E-state index contributed by atoms with van der Waals surface area (Å²) in [4.78, 5) is 24.5. The van der Waals surface area contributed by atoms with Crippen molar-refractivity contribution in [3.05, 3.63) is 94.8 Å². The molecule has 36 heavy (non-hydrogen) atoms. The van der Waals surface area contributed by atoms with Crippen molar-refractivity contribution >= 4 is 23.5 Å². The number of carbonyl (C=O) groups excluding carboxylic acids is 1. The molecule has 188 valence electrons. The van der Waals surface area contributed by atoms with Gasteiger partial charge in [0.05, 0.1) is 0 Å². The summed E-state index contributed by atoms with van der Waals surface area (Å²) < 4.78 is 42.3. The molecule has 1 unspecified atom stereocenters. The second-order valence-electron chi connectivity index (χ2n) is 8.92. The highest BCUT2D eigenvalue weighted by atomic mass is 35.5. The maximum atomic E-state index is 16.9. The number of benzene rings is 3. The molecule has 0 radical (unpaired) electrons. The molecule has 1 aliphatic carbocycles. The average molecular weight is 515 g/mol. The average Bonchev–Trinajstić information content (AvgIpc) is 3.67. The van der Waals surface area contributed by atoms with Gasteiger partial charge in [0.1, 0.15) is 5.75 Å². The number of esters is 1. The maximum absolute atomic E-state index is 16.9. The van der Waals surface area contributed by atoms with E-state index in [-0.39, 0.29) is 18.1 Å². The molecule has 3 aromatic carbocycles. The first-order chi connectivity index (χ1) is 17.2. The van der Waals surface area contributed by atoms with Crippen molar-refractivity contribution in [3.8, 4) is 11.5 Å². The highest BCUT2D eigenvalue weighted by Crippen LogP contribution is 2.52. The molecule has 3 atom stereocenters. The lowest BCUT2D eigenvalue weighted by Crippen LogP contribution is -2.53. The second-order valence-corrected chi connectivity index (χ2v) is 9.36. The van der Waals surface area contributed by atoms with E-state index in [1.807, 2.05) is 0 Å². The number of carboxylic acid groups (broad SMARTS) is 1. The van der Waals surface area contributed by atoms with Gasteiger partial charge in [-0.05, 0) is 66.3 Å². The van der Waals surface area contributed by atoms with E-state index in [4.69, 9.17) is 21.1 Å². The van der Waals surface area contributed by atoms with Gasteiger partial charge in [-0.2, -0.15) is 0 Å². The molecule has 0 amide bonds. The van der Waals surface area contributed by atoms with Gasteiger partial charge in [-0.15, -0.1) is 0 Å². The lowest BCUT2D eigenvalue weighted by atomic mass is 9.75. The van der Waals surface area contributed by atoms with Gasteiger partial charge in [0.15, 0.2) is 17.7 Å². The molecular weight excluding hydrogens is 490 g/mol. The van der Waals surface area contributed by atoms with Gasteiger partial charge in [-0.25, -0.2) is 13.6 Å². The minimum absolute atomic E-state index is 0.114. The van der Waals surface area contributed by atoms with Crippen LogP contribution in [-0.4, -0.2) is 28.8 Å². The molecule has 0 saturated heterocycles. The van der Waals surface area contributed by atoms with Crippen molar-refractivity contribution < 1.29 is 33.0 Å². The number of hydrogen-bond donors (Lipinski definition) is 1. The summed E-state index contributed by atoms with van der Waals surface area (Å²) in [5.41, 5.74) is -2.14. The third-order valence-corrected chi connectivity index (χ3v) is 6.52. The van der Waals surface area contributed by atoms with E-state index in [2.05, 4.69) is 0 Å². The van der Waals surface area contributed by atoms with Crippen LogP contribution in [0.4, 0.5) is 8.78 Å². The van der Waals surface area contributed by atoms with Crippen molar-refractivity contribution in [1.29, 1.82) is 0 Å². The molecule has 1 N–H and O–H groups in total. The van der Waals surface area contributed by atoms with Gasteiger partial charge < -0.3 is 14.6 Å². The molecule has 1 saturated carbocycles. The van der Waals surface area contributed by atoms with Gasteiger partial charge in [0.25, 0.3) is 5.67 Å². The first-order valence-electron chi connectivity index (χ1n) is 11.5. The number of carbonyl (C=O) groups is 2. The molecule has 1 fully saturated rings. The quantitative estimate of drug-likeness (QED) is 0.304. The number of rotatable bonds is 10. The van der Waals surface area contributed by atoms with Gasteiger partial charge in [-0.3, -0.25) is 4.79 Å². The third kappa shape index (κ3) is 5.68. The Kier molecular flexibility index (Phi) is 7.59. The van der Waals surface area contributed by atoms with Crippen LogP contribution < -0.4 is 4.74 Å². The van der Waals surface area contributed by atoms with Gasteiger partial charge in [0, 0.05) is 24.3 Å². The van der Waals surface area contributed by atoms with E-state index < -0.39 is 35.4 Å². The Morgan fingerprint density at radius 3 is 2.33 bits per heavy atom. The van der Waals surface area contributed by atoms with Crippen molar-refractivity contribution in [3.63, 3.8) is 0 Å². The zero-order valence-electron chi connectivity index (χ0n) is 19.5. The van der Waals surface area contributed by atoms with Gasteiger partial charge >= 0.3 is 11.9 Å². The Bertz CT molecular complexity index is 1230. The van der Waals surface area contributed by atoms with E-state index in [9.17, 15) is 19.1 Å². The van der Waals surface area contributed by atoms with Gasteiger partial charge in [0.2, 0.25) is 0 Å². The number of ether oxygens (including phenoxy) is 2. The summed E-state index contributed by atoms with van der Waals surface area (Å²) in [6.45, 7) is 1.10. The van der Waals surface area contributed by atoms with Crippen LogP contribution in [0.25, 0.3) is 0 Å². The molecule has 3 aromatic rings. The first kappa shape index (κ1) is 25.6. The van der Waals surface area contributed by atoms with E-state index in [1.165, 1.54) is 12.1 Å². The standard InChI is InChI=1S/C28H25ClF2O5/c1-17(32)35-25(16-18-7-14-23(30)24(15-18)36-22-5-3-2-4-6-22)28(31,27(33)34)26(19-8-9-19)20-10-12-21(29)13-11-20/h2-7,10-15,19,25-26H,8-9,16H2,1H3,(H,33,34)/t25-,26?,28+/m1/s1. The van der Waals surface area contributed by atoms with Crippen molar-refractivity contribution in [2.45, 2.75) is 43.9 Å². The third-order valence-electron chi connectivity index (χ3n) is 6.27. The second kappa shape index (κ2) is 10.7. The molecule has 0 heterocycles. The van der Waals surface area contributed by atoms with E-state index in [0.717, 1.165) is 13.0 Å². The Morgan fingerprint density at radius 1 is 1.08 bits per heavy atom. The molecule has 8 heteroatoms. The maximum Gasteiger partial charge on any atom is 0.346 e. The Labute approximate surface area is 212 Å². The summed E-state index contributed by atoms with van der Waals surface area (Å²) in [7, 11) is 0. The number of para-hydroxylation sites is 1. The van der Waals surface area contributed by atoms with E-state index >= 15 is 4.39 Å². The summed E-state index contributed by atoms with van der Waals surface area (Å²) in [5, 5.41) is 10.6. The number of halogens is 3.